The van der Waals surface area contributed by atoms with Crippen LogP contribution in [-0.4, -0.2) is 0 Å². The first-order chi connectivity index (χ1) is 30.5. The monoisotopic (exact) mass is 793 g/mol. The average Bonchev–Trinajstić information content (AvgIpc) is 3.98. The molecule has 1 aliphatic rings. The van der Waals surface area contributed by atoms with Gasteiger partial charge < -0.3 is 13.7 Å². The Morgan fingerprint density at radius 2 is 0.935 bits per heavy atom. The first kappa shape index (κ1) is 34.9. The maximum absolute atomic E-state index is 6.83. The summed E-state index contributed by atoms with van der Waals surface area (Å²) in [6.45, 7) is 4.71. The predicted octanol–water partition coefficient (Wildman–Crippen LogP) is 16.9. The third-order valence-electron chi connectivity index (χ3n) is 13.5. The highest BCUT2D eigenvalue weighted by Crippen LogP contribution is 2.55. The average molecular weight is 794 g/mol. The van der Waals surface area contributed by atoms with E-state index in [1.807, 2.05) is 0 Å². The van der Waals surface area contributed by atoms with E-state index in [1.54, 1.807) is 0 Å². The molecule has 0 saturated carbocycles. The highest BCUT2D eigenvalue weighted by Gasteiger charge is 2.37. The number of fused-ring (bicyclic) bond motifs is 13. The molecule has 10 aromatic carbocycles. The number of nitrogens with zero attached hydrogens (tertiary/aromatic N) is 1. The molecule has 292 valence electrons. The summed E-state index contributed by atoms with van der Waals surface area (Å²) in [6.07, 6.45) is 0. The van der Waals surface area contributed by atoms with E-state index in [9.17, 15) is 0 Å². The molecule has 0 saturated heterocycles. The standard InChI is InChI=1S/C59H39NO2/c1-59(2)48-25-9-7-22-45(48)54-44(24-12-26-49(54)59)43-21-8-10-27-50(43)60(51-28-14-30-53-56(51)47-34-32-37-16-4-6-20-42(37)58(47)62-53)39-18-11-17-38(35-39)40-23-13-29-52-55(40)46-33-31-36-15-3-5-19-41(36)57(46)61-52/h3-35H,1-2H3. The van der Waals surface area contributed by atoms with Gasteiger partial charge in [-0.15, -0.1) is 0 Å². The van der Waals surface area contributed by atoms with Crippen molar-refractivity contribution < 1.29 is 8.83 Å². The summed E-state index contributed by atoms with van der Waals surface area (Å²) < 4.78 is 13.5. The largest absolute Gasteiger partial charge is 0.455 e. The molecule has 0 bridgehead atoms. The van der Waals surface area contributed by atoms with Crippen LogP contribution in [-0.2, 0) is 5.41 Å². The summed E-state index contributed by atoms with van der Waals surface area (Å²) in [5.41, 5.74) is 16.5. The quantitative estimate of drug-likeness (QED) is 0.174. The van der Waals surface area contributed by atoms with Gasteiger partial charge in [0.25, 0.3) is 0 Å². The highest BCUT2D eigenvalue weighted by atomic mass is 16.3. The molecular weight excluding hydrogens is 755 g/mol. The Hall–Kier alpha value is -7.88. The molecule has 0 unspecified atom stereocenters. The Kier molecular flexibility index (Phi) is 7.36. The van der Waals surface area contributed by atoms with Crippen molar-refractivity contribution in [3.05, 3.63) is 211 Å². The van der Waals surface area contributed by atoms with E-state index in [0.29, 0.717) is 0 Å². The Morgan fingerprint density at radius 3 is 1.71 bits per heavy atom. The van der Waals surface area contributed by atoms with Crippen molar-refractivity contribution >= 4 is 82.5 Å². The normalized spacial score (nSPS) is 13.1. The summed E-state index contributed by atoms with van der Waals surface area (Å²) in [5.74, 6) is 0. The fraction of sp³-hybridized carbons (Fsp3) is 0.0508. The van der Waals surface area contributed by atoms with Gasteiger partial charge in [0.2, 0.25) is 0 Å². The lowest BCUT2D eigenvalue weighted by Crippen LogP contribution is -2.15. The van der Waals surface area contributed by atoms with Gasteiger partial charge in [-0.3, -0.25) is 0 Å². The summed E-state index contributed by atoms with van der Waals surface area (Å²) in [5, 5.41) is 8.95. The molecule has 0 spiro atoms. The Morgan fingerprint density at radius 1 is 0.387 bits per heavy atom. The van der Waals surface area contributed by atoms with Gasteiger partial charge in [0.15, 0.2) is 0 Å². The van der Waals surface area contributed by atoms with Gasteiger partial charge in [0, 0.05) is 43.6 Å². The number of rotatable bonds is 5. The second-order valence-corrected chi connectivity index (χ2v) is 17.2. The van der Waals surface area contributed by atoms with E-state index in [4.69, 9.17) is 8.83 Å². The van der Waals surface area contributed by atoms with E-state index < -0.39 is 0 Å². The van der Waals surface area contributed by atoms with E-state index in [2.05, 4.69) is 219 Å². The molecule has 3 nitrogen and oxygen atoms in total. The smallest absolute Gasteiger partial charge is 0.143 e. The summed E-state index contributed by atoms with van der Waals surface area (Å²) in [6, 6.07) is 72.4. The highest BCUT2D eigenvalue weighted by molar-refractivity contribution is 6.21. The van der Waals surface area contributed by atoms with Crippen LogP contribution in [0.15, 0.2) is 209 Å². The van der Waals surface area contributed by atoms with E-state index in [-0.39, 0.29) is 5.41 Å². The minimum Gasteiger partial charge on any atom is -0.455 e. The van der Waals surface area contributed by atoms with Crippen molar-refractivity contribution in [1.82, 2.24) is 0 Å². The summed E-state index contributed by atoms with van der Waals surface area (Å²) >= 11 is 0. The Balaban J connectivity index is 1.09. The molecule has 0 N–H and O–H groups in total. The van der Waals surface area contributed by atoms with Crippen molar-refractivity contribution in [2.75, 3.05) is 4.90 Å². The van der Waals surface area contributed by atoms with Crippen LogP contribution >= 0.6 is 0 Å². The summed E-state index contributed by atoms with van der Waals surface area (Å²) in [4.78, 5) is 2.46. The number of furan rings is 2. The third kappa shape index (κ3) is 4.94. The van der Waals surface area contributed by atoms with Crippen molar-refractivity contribution in [3.8, 4) is 33.4 Å². The number of benzene rings is 10. The molecule has 2 heterocycles. The molecule has 0 fully saturated rings. The molecular formula is C59H39NO2. The van der Waals surface area contributed by atoms with Gasteiger partial charge in [-0.05, 0) is 98.2 Å². The number of hydrogen-bond acceptors (Lipinski definition) is 3. The van der Waals surface area contributed by atoms with Crippen LogP contribution in [0.1, 0.15) is 25.0 Å². The van der Waals surface area contributed by atoms with Crippen LogP contribution in [0.25, 0.3) is 98.8 Å². The molecule has 1 aliphatic carbocycles. The van der Waals surface area contributed by atoms with Crippen LogP contribution in [0.5, 0.6) is 0 Å². The molecule has 0 amide bonds. The second-order valence-electron chi connectivity index (χ2n) is 17.2. The molecule has 2 aromatic heterocycles. The predicted molar refractivity (Wildman–Crippen MR) is 259 cm³/mol. The summed E-state index contributed by atoms with van der Waals surface area (Å²) in [7, 11) is 0. The molecule has 62 heavy (non-hydrogen) atoms. The second kappa shape index (κ2) is 13.1. The molecule has 0 radical (unpaired) electrons. The van der Waals surface area contributed by atoms with E-state index in [0.717, 1.165) is 93.8 Å². The van der Waals surface area contributed by atoms with Crippen LogP contribution in [0, 0.1) is 0 Å². The SMILES string of the molecule is CC1(C)c2ccccc2-c2c(-c3ccccc3N(c3cccc(-c4cccc5oc6c7ccccc7ccc6c45)c3)c3cccc4oc5c6ccccc6ccc5c34)cccc21. The number of para-hydroxylation sites is 1. The molecule has 0 aliphatic heterocycles. The van der Waals surface area contributed by atoms with Gasteiger partial charge in [0.1, 0.15) is 22.3 Å². The Labute approximate surface area is 358 Å². The van der Waals surface area contributed by atoms with Gasteiger partial charge in [-0.2, -0.15) is 0 Å². The topological polar surface area (TPSA) is 29.5 Å². The molecule has 0 atom stereocenters. The van der Waals surface area contributed by atoms with Crippen molar-refractivity contribution in [3.63, 3.8) is 0 Å². The van der Waals surface area contributed by atoms with Crippen molar-refractivity contribution in [2.24, 2.45) is 0 Å². The van der Waals surface area contributed by atoms with Crippen LogP contribution in [0.2, 0.25) is 0 Å². The zero-order valence-electron chi connectivity index (χ0n) is 34.3. The molecule has 3 heteroatoms. The maximum atomic E-state index is 6.83. The van der Waals surface area contributed by atoms with Gasteiger partial charge in [-0.1, -0.05) is 166 Å². The van der Waals surface area contributed by atoms with Crippen LogP contribution < -0.4 is 4.90 Å². The minimum absolute atomic E-state index is 0.125. The lowest BCUT2D eigenvalue weighted by Gasteiger charge is -2.29. The fourth-order valence-corrected chi connectivity index (χ4v) is 10.6. The van der Waals surface area contributed by atoms with Crippen molar-refractivity contribution in [2.45, 2.75) is 19.3 Å². The maximum Gasteiger partial charge on any atom is 0.143 e. The molecule has 13 rings (SSSR count). The lowest BCUT2D eigenvalue weighted by atomic mass is 9.82. The van der Waals surface area contributed by atoms with E-state index >= 15 is 0 Å². The van der Waals surface area contributed by atoms with Crippen LogP contribution in [0.4, 0.5) is 17.1 Å². The minimum atomic E-state index is -0.125. The lowest BCUT2D eigenvalue weighted by molar-refractivity contribution is 0.660. The van der Waals surface area contributed by atoms with Gasteiger partial charge >= 0.3 is 0 Å². The number of anilines is 3. The first-order valence-corrected chi connectivity index (χ1v) is 21.4. The van der Waals surface area contributed by atoms with Gasteiger partial charge in [0.05, 0.1) is 16.8 Å². The van der Waals surface area contributed by atoms with Crippen LogP contribution in [0.3, 0.4) is 0 Å². The van der Waals surface area contributed by atoms with Gasteiger partial charge in [-0.25, -0.2) is 0 Å². The van der Waals surface area contributed by atoms with Crippen molar-refractivity contribution in [1.29, 1.82) is 0 Å². The number of hydrogen-bond donors (Lipinski definition) is 0. The zero-order valence-corrected chi connectivity index (χ0v) is 34.3. The zero-order chi connectivity index (χ0) is 41.1. The van der Waals surface area contributed by atoms with E-state index in [1.165, 1.54) is 33.2 Å². The Bertz CT molecular complexity index is 3810. The molecule has 12 aromatic rings. The third-order valence-corrected chi connectivity index (χ3v) is 13.5. The first-order valence-electron chi connectivity index (χ1n) is 21.4. The fourth-order valence-electron chi connectivity index (χ4n) is 10.6.